The number of carbonyl (C=O) groups is 2. The quantitative estimate of drug-likeness (QED) is 0.843. The molecule has 5 nitrogen and oxygen atoms in total. The van der Waals surface area contributed by atoms with Crippen LogP contribution in [0.15, 0.2) is 18.2 Å². The summed E-state index contributed by atoms with van der Waals surface area (Å²) in [7, 11) is 0. The number of rotatable bonds is 2. The fourth-order valence-corrected chi connectivity index (χ4v) is 3.38. The summed E-state index contributed by atoms with van der Waals surface area (Å²) in [4.78, 5) is 28.0. The van der Waals surface area contributed by atoms with Gasteiger partial charge in [-0.15, -0.1) is 0 Å². The molecule has 22 heavy (non-hydrogen) atoms. The standard InChI is InChI=1S/C17H22N2O3/c1-3-22-17(21)18-9-7-13(8-10-18)19-11-15-12(2)5-4-6-14(15)16(19)20/h4-6,13H,3,7-11H2,1-2H3. The highest BCUT2D eigenvalue weighted by molar-refractivity contribution is 5.98. The largest absolute Gasteiger partial charge is 0.450 e. The van der Waals surface area contributed by atoms with Gasteiger partial charge in [0.05, 0.1) is 6.61 Å². The molecule has 2 heterocycles. The minimum atomic E-state index is -0.243. The lowest BCUT2D eigenvalue weighted by Crippen LogP contribution is -2.47. The number of fused-ring (bicyclic) bond motifs is 1. The summed E-state index contributed by atoms with van der Waals surface area (Å²) >= 11 is 0. The molecule has 0 aromatic heterocycles. The first-order valence-corrected chi connectivity index (χ1v) is 7.93. The van der Waals surface area contributed by atoms with Crippen LogP contribution in [0.4, 0.5) is 4.79 Å². The van der Waals surface area contributed by atoms with Gasteiger partial charge < -0.3 is 14.5 Å². The first-order valence-electron chi connectivity index (χ1n) is 7.93. The highest BCUT2D eigenvalue weighted by Crippen LogP contribution is 2.30. The van der Waals surface area contributed by atoms with Crippen LogP contribution < -0.4 is 0 Å². The molecule has 0 aliphatic carbocycles. The molecule has 3 rings (SSSR count). The Bertz CT molecular complexity index is 592. The Hall–Kier alpha value is -2.04. The van der Waals surface area contributed by atoms with E-state index < -0.39 is 0 Å². The molecule has 0 spiro atoms. The molecular weight excluding hydrogens is 280 g/mol. The number of piperidine rings is 1. The van der Waals surface area contributed by atoms with Crippen LogP contribution in [-0.2, 0) is 11.3 Å². The molecule has 0 radical (unpaired) electrons. The first-order chi connectivity index (χ1) is 10.6. The van der Waals surface area contributed by atoms with Crippen molar-refractivity contribution in [3.8, 4) is 0 Å². The fraction of sp³-hybridized carbons (Fsp3) is 0.529. The molecule has 1 fully saturated rings. The van der Waals surface area contributed by atoms with Crippen LogP contribution in [0.3, 0.4) is 0 Å². The van der Waals surface area contributed by atoms with Gasteiger partial charge in [0, 0.05) is 31.2 Å². The smallest absolute Gasteiger partial charge is 0.409 e. The second-order valence-corrected chi connectivity index (χ2v) is 5.95. The number of hydrogen-bond acceptors (Lipinski definition) is 3. The monoisotopic (exact) mass is 302 g/mol. The van der Waals surface area contributed by atoms with E-state index in [1.807, 2.05) is 24.0 Å². The van der Waals surface area contributed by atoms with E-state index in [1.165, 1.54) is 5.56 Å². The van der Waals surface area contributed by atoms with Gasteiger partial charge in [-0.2, -0.15) is 0 Å². The zero-order valence-electron chi connectivity index (χ0n) is 13.2. The lowest BCUT2D eigenvalue weighted by atomic mass is 10.0. The van der Waals surface area contributed by atoms with E-state index in [1.54, 1.807) is 4.90 Å². The number of ether oxygens (including phenoxy) is 1. The molecule has 0 saturated carbocycles. The molecule has 2 amide bonds. The summed E-state index contributed by atoms with van der Waals surface area (Å²) in [5, 5.41) is 0. The molecule has 0 unspecified atom stereocenters. The number of amides is 2. The van der Waals surface area contributed by atoms with Crippen molar-refractivity contribution in [2.75, 3.05) is 19.7 Å². The predicted molar refractivity (Wildman–Crippen MR) is 82.7 cm³/mol. The van der Waals surface area contributed by atoms with Gasteiger partial charge in [0.15, 0.2) is 0 Å². The van der Waals surface area contributed by atoms with E-state index in [2.05, 4.69) is 13.0 Å². The van der Waals surface area contributed by atoms with Crippen molar-refractivity contribution >= 4 is 12.0 Å². The summed E-state index contributed by atoms with van der Waals surface area (Å²) in [5.74, 6) is 0.133. The minimum absolute atomic E-state index is 0.133. The molecule has 0 N–H and O–H groups in total. The number of hydrogen-bond donors (Lipinski definition) is 0. The summed E-state index contributed by atoms with van der Waals surface area (Å²) in [6.07, 6.45) is 1.39. The number of likely N-dealkylation sites (tertiary alicyclic amines) is 1. The van der Waals surface area contributed by atoms with Gasteiger partial charge in [-0.25, -0.2) is 4.79 Å². The Balaban J connectivity index is 1.65. The maximum atomic E-state index is 12.6. The molecule has 1 saturated heterocycles. The van der Waals surface area contributed by atoms with Crippen LogP contribution in [0, 0.1) is 6.92 Å². The van der Waals surface area contributed by atoms with Gasteiger partial charge in [-0.05, 0) is 43.9 Å². The van der Waals surface area contributed by atoms with Crippen molar-refractivity contribution < 1.29 is 14.3 Å². The Morgan fingerprint density at radius 1 is 1.32 bits per heavy atom. The van der Waals surface area contributed by atoms with Crippen LogP contribution in [0.2, 0.25) is 0 Å². The van der Waals surface area contributed by atoms with Crippen molar-refractivity contribution in [3.05, 3.63) is 34.9 Å². The number of carbonyl (C=O) groups excluding carboxylic acids is 2. The molecule has 1 aromatic rings. The Morgan fingerprint density at radius 2 is 2.05 bits per heavy atom. The normalized spacial score (nSPS) is 18.5. The molecule has 0 atom stereocenters. The number of nitrogens with zero attached hydrogens (tertiary/aromatic N) is 2. The third kappa shape index (κ3) is 2.56. The zero-order valence-corrected chi connectivity index (χ0v) is 13.2. The summed E-state index contributed by atoms with van der Waals surface area (Å²) in [5.41, 5.74) is 3.17. The highest BCUT2D eigenvalue weighted by Gasteiger charge is 2.35. The van der Waals surface area contributed by atoms with Crippen molar-refractivity contribution in [1.82, 2.24) is 9.80 Å². The second kappa shape index (κ2) is 5.99. The van der Waals surface area contributed by atoms with Crippen molar-refractivity contribution in [2.45, 2.75) is 39.3 Å². The van der Waals surface area contributed by atoms with E-state index in [0.29, 0.717) is 26.2 Å². The molecular formula is C17H22N2O3. The van der Waals surface area contributed by atoms with Crippen LogP contribution in [0.5, 0.6) is 0 Å². The number of aryl methyl sites for hydroxylation is 1. The minimum Gasteiger partial charge on any atom is -0.450 e. The van der Waals surface area contributed by atoms with Crippen LogP contribution in [-0.4, -0.2) is 47.5 Å². The zero-order chi connectivity index (χ0) is 15.7. The molecule has 5 heteroatoms. The average Bonchev–Trinajstić information content (AvgIpc) is 2.87. The summed E-state index contributed by atoms with van der Waals surface area (Å²) in [6, 6.07) is 6.13. The van der Waals surface area contributed by atoms with Crippen molar-refractivity contribution in [2.24, 2.45) is 0 Å². The molecule has 2 aliphatic heterocycles. The molecule has 2 aliphatic rings. The predicted octanol–water partition coefficient (Wildman–Crippen LogP) is 2.57. The number of benzene rings is 1. The van der Waals surface area contributed by atoms with E-state index in [-0.39, 0.29) is 18.0 Å². The summed E-state index contributed by atoms with van der Waals surface area (Å²) < 4.78 is 5.04. The van der Waals surface area contributed by atoms with E-state index in [9.17, 15) is 9.59 Å². The fourth-order valence-electron chi connectivity index (χ4n) is 3.38. The Kier molecular flexibility index (Phi) is 4.05. The summed E-state index contributed by atoms with van der Waals surface area (Å²) in [6.45, 7) is 6.28. The lowest BCUT2D eigenvalue weighted by Gasteiger charge is -2.36. The van der Waals surface area contributed by atoms with Crippen LogP contribution in [0.1, 0.15) is 41.3 Å². The lowest BCUT2D eigenvalue weighted by molar-refractivity contribution is 0.0558. The Labute approximate surface area is 130 Å². The van der Waals surface area contributed by atoms with Gasteiger partial charge in [0.25, 0.3) is 5.91 Å². The van der Waals surface area contributed by atoms with Gasteiger partial charge in [0.2, 0.25) is 0 Å². The second-order valence-electron chi connectivity index (χ2n) is 5.95. The molecule has 0 bridgehead atoms. The maximum Gasteiger partial charge on any atom is 0.409 e. The maximum absolute atomic E-state index is 12.6. The molecule has 118 valence electrons. The Morgan fingerprint density at radius 3 is 2.68 bits per heavy atom. The van der Waals surface area contributed by atoms with Crippen molar-refractivity contribution in [3.63, 3.8) is 0 Å². The van der Waals surface area contributed by atoms with Gasteiger partial charge in [-0.1, -0.05) is 12.1 Å². The third-order valence-corrected chi connectivity index (χ3v) is 4.66. The highest BCUT2D eigenvalue weighted by atomic mass is 16.6. The molecule has 1 aromatic carbocycles. The average molecular weight is 302 g/mol. The van der Waals surface area contributed by atoms with Gasteiger partial charge >= 0.3 is 6.09 Å². The van der Waals surface area contributed by atoms with Gasteiger partial charge in [0.1, 0.15) is 0 Å². The SMILES string of the molecule is CCOC(=O)N1CCC(N2Cc3c(C)cccc3C2=O)CC1. The van der Waals surface area contributed by atoms with Crippen LogP contribution >= 0.6 is 0 Å². The van der Waals surface area contributed by atoms with E-state index in [4.69, 9.17) is 4.74 Å². The topological polar surface area (TPSA) is 49.9 Å². The van der Waals surface area contributed by atoms with Crippen molar-refractivity contribution in [1.29, 1.82) is 0 Å². The van der Waals surface area contributed by atoms with Gasteiger partial charge in [-0.3, -0.25) is 4.79 Å². The van der Waals surface area contributed by atoms with E-state index >= 15 is 0 Å². The third-order valence-electron chi connectivity index (χ3n) is 4.66. The van der Waals surface area contributed by atoms with Crippen LogP contribution in [0.25, 0.3) is 0 Å². The first kappa shape index (κ1) is 14.9. The van der Waals surface area contributed by atoms with E-state index in [0.717, 1.165) is 24.0 Å².